The number of fused-ring (bicyclic) bond motifs is 2. The van der Waals surface area contributed by atoms with E-state index in [-0.39, 0.29) is 37.1 Å². The van der Waals surface area contributed by atoms with Gasteiger partial charge in [-0.1, -0.05) is 12.1 Å². The molecule has 3 aliphatic rings. The van der Waals surface area contributed by atoms with Gasteiger partial charge >= 0.3 is 5.97 Å². The summed E-state index contributed by atoms with van der Waals surface area (Å²) in [6, 6.07) is 11.7. The molecule has 0 spiro atoms. The van der Waals surface area contributed by atoms with Gasteiger partial charge in [0.2, 0.25) is 19.5 Å². The lowest BCUT2D eigenvalue weighted by molar-refractivity contribution is -0.149. The molecule has 0 bridgehead atoms. The van der Waals surface area contributed by atoms with Crippen molar-refractivity contribution < 1.29 is 37.7 Å². The van der Waals surface area contributed by atoms with Gasteiger partial charge in [-0.25, -0.2) is 4.98 Å². The lowest BCUT2D eigenvalue weighted by Gasteiger charge is -2.30. The van der Waals surface area contributed by atoms with Gasteiger partial charge in [0, 0.05) is 26.2 Å². The summed E-state index contributed by atoms with van der Waals surface area (Å²) in [4.78, 5) is 33.8. The standard InChI is InChI=1S/C29H31N3O8/c1-2-35-29(34)21-4-3-9-32(14-21)28(33)22-16-36-27(30-22)15-31(12-19-5-7-23-25(10-19)39-17-37-23)13-20-6-8-24-26(11-20)40-18-38-24/h5-8,10-11,16,21H,2-4,9,12-15,17-18H2,1H3. The maximum Gasteiger partial charge on any atom is 0.310 e. The van der Waals surface area contributed by atoms with Gasteiger partial charge < -0.3 is 33.0 Å². The molecule has 1 aromatic heterocycles. The molecule has 4 heterocycles. The van der Waals surface area contributed by atoms with E-state index < -0.39 is 0 Å². The van der Waals surface area contributed by atoms with Crippen LogP contribution in [0, 0.1) is 5.92 Å². The maximum atomic E-state index is 13.2. The molecule has 2 aromatic carbocycles. The van der Waals surface area contributed by atoms with E-state index in [0.717, 1.165) is 29.0 Å². The molecule has 0 radical (unpaired) electrons. The van der Waals surface area contributed by atoms with Gasteiger partial charge in [0.05, 0.1) is 19.1 Å². The molecular formula is C29H31N3O8. The van der Waals surface area contributed by atoms with Crippen LogP contribution in [-0.2, 0) is 29.2 Å². The van der Waals surface area contributed by atoms with Crippen LogP contribution in [0.15, 0.2) is 47.1 Å². The van der Waals surface area contributed by atoms with Crippen molar-refractivity contribution in [3.63, 3.8) is 0 Å². The van der Waals surface area contributed by atoms with Crippen LogP contribution < -0.4 is 18.9 Å². The highest BCUT2D eigenvalue weighted by Crippen LogP contribution is 2.35. The number of esters is 1. The Balaban J connectivity index is 1.17. The molecule has 3 aromatic rings. The molecule has 3 aliphatic heterocycles. The Morgan fingerprint density at radius 3 is 2.25 bits per heavy atom. The van der Waals surface area contributed by atoms with Crippen LogP contribution in [0.2, 0.25) is 0 Å². The van der Waals surface area contributed by atoms with Crippen LogP contribution in [-0.4, -0.2) is 59.9 Å². The number of oxazole rings is 1. The number of hydrogen-bond donors (Lipinski definition) is 0. The number of piperidine rings is 1. The summed E-state index contributed by atoms with van der Waals surface area (Å²) in [6.07, 6.45) is 2.84. The Labute approximate surface area is 231 Å². The van der Waals surface area contributed by atoms with Crippen molar-refractivity contribution >= 4 is 11.9 Å². The molecule has 6 rings (SSSR count). The predicted molar refractivity (Wildman–Crippen MR) is 140 cm³/mol. The highest BCUT2D eigenvalue weighted by molar-refractivity contribution is 5.92. The Morgan fingerprint density at radius 2 is 1.60 bits per heavy atom. The first-order chi connectivity index (χ1) is 19.6. The van der Waals surface area contributed by atoms with Crippen molar-refractivity contribution in [2.75, 3.05) is 33.3 Å². The summed E-state index contributed by atoms with van der Waals surface area (Å²) in [5.74, 6) is 2.48. The molecular weight excluding hydrogens is 518 g/mol. The number of amides is 1. The Bertz CT molecular complexity index is 1330. The van der Waals surface area contributed by atoms with E-state index in [0.29, 0.717) is 63.1 Å². The zero-order chi connectivity index (χ0) is 27.5. The predicted octanol–water partition coefficient (Wildman–Crippen LogP) is 3.75. The molecule has 1 amide bonds. The molecule has 40 heavy (non-hydrogen) atoms. The number of aromatic nitrogens is 1. The highest BCUT2D eigenvalue weighted by atomic mass is 16.7. The minimum atomic E-state index is -0.317. The van der Waals surface area contributed by atoms with Crippen LogP contribution >= 0.6 is 0 Å². The zero-order valence-electron chi connectivity index (χ0n) is 22.3. The third-order valence-electron chi connectivity index (χ3n) is 7.14. The summed E-state index contributed by atoms with van der Waals surface area (Å²) in [7, 11) is 0. The number of ether oxygens (including phenoxy) is 5. The van der Waals surface area contributed by atoms with E-state index >= 15 is 0 Å². The molecule has 0 aliphatic carbocycles. The van der Waals surface area contributed by atoms with Crippen LogP contribution in [0.4, 0.5) is 0 Å². The summed E-state index contributed by atoms with van der Waals surface area (Å²) in [5.41, 5.74) is 2.29. The average molecular weight is 550 g/mol. The third-order valence-corrected chi connectivity index (χ3v) is 7.14. The van der Waals surface area contributed by atoms with Crippen molar-refractivity contribution in [3.8, 4) is 23.0 Å². The van der Waals surface area contributed by atoms with Gasteiger partial charge in [0.25, 0.3) is 5.91 Å². The second-order valence-corrected chi connectivity index (χ2v) is 9.99. The minimum absolute atomic E-state index is 0.213. The maximum absolute atomic E-state index is 13.2. The van der Waals surface area contributed by atoms with Gasteiger partial charge in [-0.2, -0.15) is 0 Å². The van der Waals surface area contributed by atoms with Gasteiger partial charge in [-0.05, 0) is 55.2 Å². The van der Waals surface area contributed by atoms with Crippen LogP contribution in [0.5, 0.6) is 23.0 Å². The van der Waals surface area contributed by atoms with Crippen molar-refractivity contribution in [1.29, 1.82) is 0 Å². The van der Waals surface area contributed by atoms with Gasteiger partial charge in [-0.3, -0.25) is 14.5 Å². The zero-order valence-corrected chi connectivity index (χ0v) is 22.3. The number of carbonyl (C=O) groups excluding carboxylic acids is 2. The van der Waals surface area contributed by atoms with Crippen molar-refractivity contribution in [2.24, 2.45) is 5.92 Å². The van der Waals surface area contributed by atoms with Gasteiger partial charge in [0.15, 0.2) is 28.7 Å². The van der Waals surface area contributed by atoms with E-state index in [4.69, 9.17) is 28.1 Å². The number of benzene rings is 2. The number of nitrogens with zero attached hydrogens (tertiary/aromatic N) is 3. The summed E-state index contributed by atoms with van der Waals surface area (Å²) < 4.78 is 32.9. The lowest BCUT2D eigenvalue weighted by Crippen LogP contribution is -2.43. The molecule has 1 atom stereocenters. The topological polar surface area (TPSA) is 113 Å². The first kappa shape index (κ1) is 26.0. The summed E-state index contributed by atoms with van der Waals surface area (Å²) in [6.45, 7) is 4.93. The Morgan fingerprint density at radius 1 is 0.950 bits per heavy atom. The largest absolute Gasteiger partial charge is 0.466 e. The highest BCUT2D eigenvalue weighted by Gasteiger charge is 2.31. The molecule has 0 N–H and O–H groups in total. The van der Waals surface area contributed by atoms with Crippen LogP contribution in [0.3, 0.4) is 0 Å². The quantitative estimate of drug-likeness (QED) is 0.366. The van der Waals surface area contributed by atoms with E-state index in [1.807, 2.05) is 36.4 Å². The molecule has 0 saturated carbocycles. The van der Waals surface area contributed by atoms with E-state index in [1.165, 1.54) is 6.26 Å². The molecule has 1 fully saturated rings. The molecule has 11 heteroatoms. The monoisotopic (exact) mass is 549 g/mol. The number of carbonyl (C=O) groups is 2. The molecule has 11 nitrogen and oxygen atoms in total. The SMILES string of the molecule is CCOC(=O)C1CCCN(C(=O)c2coc(CN(Cc3ccc4c(c3)OCO4)Cc3ccc4c(c3)OCO4)n2)C1. The first-order valence-electron chi connectivity index (χ1n) is 13.5. The Kier molecular flexibility index (Phi) is 7.45. The Hall–Kier alpha value is -4.25. The third kappa shape index (κ3) is 5.69. The van der Waals surface area contributed by atoms with Gasteiger partial charge in [-0.15, -0.1) is 0 Å². The first-order valence-corrected chi connectivity index (χ1v) is 13.5. The second-order valence-electron chi connectivity index (χ2n) is 9.99. The summed E-state index contributed by atoms with van der Waals surface area (Å²) in [5, 5.41) is 0. The summed E-state index contributed by atoms with van der Waals surface area (Å²) >= 11 is 0. The number of likely N-dealkylation sites (tertiary alicyclic amines) is 1. The van der Waals surface area contributed by atoms with Gasteiger partial charge in [0.1, 0.15) is 6.26 Å². The fourth-order valence-electron chi connectivity index (χ4n) is 5.21. The minimum Gasteiger partial charge on any atom is -0.466 e. The lowest BCUT2D eigenvalue weighted by atomic mass is 9.98. The normalized spacial score (nSPS) is 17.4. The average Bonchev–Trinajstić information content (AvgIpc) is 3.73. The smallest absolute Gasteiger partial charge is 0.310 e. The molecule has 1 saturated heterocycles. The fourth-order valence-corrected chi connectivity index (χ4v) is 5.21. The van der Waals surface area contributed by atoms with Crippen molar-refractivity contribution in [3.05, 3.63) is 65.4 Å². The molecule has 1 unspecified atom stereocenters. The van der Waals surface area contributed by atoms with E-state index in [1.54, 1.807) is 11.8 Å². The van der Waals surface area contributed by atoms with Crippen LogP contribution in [0.1, 0.15) is 47.3 Å². The van der Waals surface area contributed by atoms with Crippen LogP contribution in [0.25, 0.3) is 0 Å². The van der Waals surface area contributed by atoms with E-state index in [2.05, 4.69) is 9.88 Å². The van der Waals surface area contributed by atoms with E-state index in [9.17, 15) is 9.59 Å². The number of rotatable bonds is 9. The molecule has 210 valence electrons. The second kappa shape index (κ2) is 11.5. The fraction of sp³-hybridized carbons (Fsp3) is 0.414. The van der Waals surface area contributed by atoms with Crippen molar-refractivity contribution in [2.45, 2.75) is 39.4 Å². The number of hydrogen-bond acceptors (Lipinski definition) is 10. The van der Waals surface area contributed by atoms with Crippen molar-refractivity contribution in [1.82, 2.24) is 14.8 Å².